The second-order valence-electron chi connectivity index (χ2n) is 8.54. The highest BCUT2D eigenvalue weighted by atomic mass is 32.2. The smallest absolute Gasteiger partial charge is 0.265 e. The summed E-state index contributed by atoms with van der Waals surface area (Å²) in [5, 5.41) is 2.76. The minimum absolute atomic E-state index is 0.0122. The van der Waals surface area contributed by atoms with Crippen molar-refractivity contribution in [2.45, 2.75) is 11.4 Å². The molecule has 1 fully saturated rings. The average molecular weight is 526 g/mol. The van der Waals surface area contributed by atoms with Gasteiger partial charge >= 0.3 is 0 Å². The number of hydrogen-bond donors (Lipinski definition) is 1. The molecule has 0 aromatic heterocycles. The first-order valence-corrected chi connectivity index (χ1v) is 13.1. The Morgan fingerprint density at radius 2 is 1.73 bits per heavy atom. The molecule has 0 unspecified atom stereocenters. The second-order valence-corrected chi connectivity index (χ2v) is 10.5. The Kier molecular flexibility index (Phi) is 6.92. The molecule has 192 valence electrons. The van der Waals surface area contributed by atoms with Crippen molar-refractivity contribution in [2.75, 3.05) is 43.1 Å². The van der Waals surface area contributed by atoms with Crippen molar-refractivity contribution in [3.8, 4) is 5.75 Å². The molecule has 0 bridgehead atoms. The van der Waals surface area contributed by atoms with Gasteiger partial charge in [-0.15, -0.1) is 0 Å². The Morgan fingerprint density at radius 1 is 1.00 bits per heavy atom. The summed E-state index contributed by atoms with van der Waals surface area (Å²) in [4.78, 5) is 27.0. The topological polar surface area (TPSA) is 105 Å². The van der Waals surface area contributed by atoms with Crippen LogP contribution >= 0.6 is 0 Å². The molecule has 5 rings (SSSR count). The average Bonchev–Trinajstić information content (AvgIpc) is 2.92. The molecule has 1 saturated heterocycles. The van der Waals surface area contributed by atoms with Crippen LogP contribution in [0.1, 0.15) is 15.9 Å². The van der Waals surface area contributed by atoms with Gasteiger partial charge in [-0.1, -0.05) is 18.2 Å². The molecule has 2 aliphatic rings. The van der Waals surface area contributed by atoms with Crippen molar-refractivity contribution in [2.24, 2.45) is 0 Å². The maximum Gasteiger partial charge on any atom is 0.265 e. The van der Waals surface area contributed by atoms with Crippen LogP contribution < -0.4 is 15.0 Å². The molecule has 3 aromatic carbocycles. The van der Waals surface area contributed by atoms with Crippen LogP contribution in [0.5, 0.6) is 5.75 Å². The molecule has 37 heavy (non-hydrogen) atoms. The highest BCUT2D eigenvalue weighted by Gasteiger charge is 2.28. The van der Waals surface area contributed by atoms with Crippen molar-refractivity contribution in [3.05, 3.63) is 83.7 Å². The normalized spacial score (nSPS) is 16.1. The van der Waals surface area contributed by atoms with Crippen LogP contribution in [0.2, 0.25) is 0 Å². The standard InChI is InChI=1S/C26H24FN3O6S/c27-22-4-2-1-3-19(22)16-30-23-15-20(7-10-24(23)36-17-25(30)31)28-26(32)18-5-8-21(9-6-18)37(33,34)29-11-13-35-14-12-29/h1-10,15H,11-14,16-17H2,(H,28,32). The largest absolute Gasteiger partial charge is 0.482 e. The van der Waals surface area contributed by atoms with Gasteiger partial charge in [0.15, 0.2) is 6.61 Å². The lowest BCUT2D eigenvalue weighted by molar-refractivity contribution is -0.121. The fraction of sp³-hybridized carbons (Fsp3) is 0.231. The third kappa shape index (κ3) is 5.19. The van der Waals surface area contributed by atoms with Gasteiger partial charge in [-0.25, -0.2) is 12.8 Å². The Bertz CT molecular complexity index is 1440. The predicted octanol–water partition coefficient (Wildman–Crippen LogP) is 3.02. The number of amides is 2. The maximum absolute atomic E-state index is 14.2. The van der Waals surface area contributed by atoms with Gasteiger partial charge in [-0.05, 0) is 48.5 Å². The van der Waals surface area contributed by atoms with Crippen LogP contribution in [-0.4, -0.2) is 57.4 Å². The minimum Gasteiger partial charge on any atom is -0.482 e. The first kappa shape index (κ1) is 24.9. The van der Waals surface area contributed by atoms with Crippen LogP contribution in [0, 0.1) is 5.82 Å². The molecule has 11 heteroatoms. The first-order valence-electron chi connectivity index (χ1n) is 11.6. The van der Waals surface area contributed by atoms with Gasteiger partial charge in [0.05, 0.1) is 30.3 Å². The van der Waals surface area contributed by atoms with Crippen molar-refractivity contribution in [1.82, 2.24) is 4.31 Å². The minimum atomic E-state index is -3.67. The molecule has 2 heterocycles. The number of nitrogens with zero attached hydrogens (tertiary/aromatic N) is 2. The molecular weight excluding hydrogens is 501 g/mol. The Labute approximate surface area is 213 Å². The molecule has 0 aliphatic carbocycles. The fourth-order valence-corrected chi connectivity index (χ4v) is 5.58. The maximum atomic E-state index is 14.2. The molecule has 1 N–H and O–H groups in total. The molecule has 3 aromatic rings. The van der Waals surface area contributed by atoms with Gasteiger partial charge in [-0.3, -0.25) is 9.59 Å². The van der Waals surface area contributed by atoms with E-state index in [1.165, 1.54) is 39.5 Å². The zero-order valence-electron chi connectivity index (χ0n) is 19.7. The lowest BCUT2D eigenvalue weighted by Gasteiger charge is -2.30. The number of rotatable bonds is 6. The van der Waals surface area contributed by atoms with Crippen molar-refractivity contribution >= 4 is 33.2 Å². The van der Waals surface area contributed by atoms with Gasteiger partial charge in [0.25, 0.3) is 11.8 Å². The molecule has 9 nitrogen and oxygen atoms in total. The van der Waals surface area contributed by atoms with E-state index in [0.717, 1.165) is 0 Å². The fourth-order valence-electron chi connectivity index (χ4n) is 4.17. The van der Waals surface area contributed by atoms with Gasteiger partial charge in [-0.2, -0.15) is 4.31 Å². The number of hydrogen-bond acceptors (Lipinski definition) is 6. The summed E-state index contributed by atoms with van der Waals surface area (Å²) < 4.78 is 51.9. The predicted molar refractivity (Wildman–Crippen MR) is 133 cm³/mol. The molecule has 0 atom stereocenters. The van der Waals surface area contributed by atoms with Gasteiger partial charge in [0.1, 0.15) is 11.6 Å². The number of benzene rings is 3. The second kappa shape index (κ2) is 10.3. The van der Waals surface area contributed by atoms with E-state index >= 15 is 0 Å². The van der Waals surface area contributed by atoms with Crippen LogP contribution in [0.3, 0.4) is 0 Å². The lowest BCUT2D eigenvalue weighted by Crippen LogP contribution is -2.40. The summed E-state index contributed by atoms with van der Waals surface area (Å²) in [7, 11) is -3.67. The molecule has 2 aliphatic heterocycles. The van der Waals surface area contributed by atoms with Gasteiger partial charge in [0, 0.05) is 29.9 Å². The Morgan fingerprint density at radius 3 is 2.46 bits per heavy atom. The summed E-state index contributed by atoms with van der Waals surface area (Å²) in [5.74, 6) is -0.784. The van der Waals surface area contributed by atoms with E-state index < -0.39 is 21.7 Å². The van der Waals surface area contributed by atoms with E-state index in [1.807, 2.05) is 0 Å². The monoisotopic (exact) mass is 525 g/mol. The van der Waals surface area contributed by atoms with Crippen LogP contribution in [0.25, 0.3) is 0 Å². The van der Waals surface area contributed by atoms with Crippen molar-refractivity contribution < 1.29 is 31.9 Å². The highest BCUT2D eigenvalue weighted by molar-refractivity contribution is 7.89. The quantitative estimate of drug-likeness (QED) is 0.531. The summed E-state index contributed by atoms with van der Waals surface area (Å²) in [6.07, 6.45) is 0. The number of fused-ring (bicyclic) bond motifs is 1. The number of morpholine rings is 1. The summed E-state index contributed by atoms with van der Waals surface area (Å²) in [5.41, 5.74) is 1.41. The lowest BCUT2D eigenvalue weighted by atomic mass is 10.1. The number of anilines is 2. The van der Waals surface area contributed by atoms with E-state index in [-0.39, 0.29) is 42.6 Å². The van der Waals surface area contributed by atoms with Crippen molar-refractivity contribution in [1.29, 1.82) is 0 Å². The zero-order chi connectivity index (χ0) is 26.0. The number of ether oxygens (including phenoxy) is 2. The van der Waals surface area contributed by atoms with E-state index in [2.05, 4.69) is 5.32 Å². The zero-order valence-corrected chi connectivity index (χ0v) is 20.5. The number of nitrogens with one attached hydrogen (secondary N) is 1. The van der Waals surface area contributed by atoms with Crippen LogP contribution in [-0.2, 0) is 26.1 Å². The first-order chi connectivity index (χ1) is 17.8. The number of carbonyl (C=O) groups excluding carboxylic acids is 2. The molecule has 0 saturated carbocycles. The molecule has 2 amide bonds. The van der Waals surface area contributed by atoms with E-state index in [1.54, 1.807) is 36.4 Å². The van der Waals surface area contributed by atoms with Crippen LogP contribution in [0.4, 0.5) is 15.8 Å². The summed E-state index contributed by atoms with van der Waals surface area (Å²) >= 11 is 0. The third-order valence-corrected chi connectivity index (χ3v) is 8.08. The van der Waals surface area contributed by atoms with E-state index in [4.69, 9.17) is 9.47 Å². The third-order valence-electron chi connectivity index (χ3n) is 6.17. The molecular formula is C26H24FN3O6S. The number of halogens is 1. The number of carbonyl (C=O) groups is 2. The summed E-state index contributed by atoms with van der Waals surface area (Å²) in [6, 6.07) is 16.7. The van der Waals surface area contributed by atoms with Crippen LogP contribution in [0.15, 0.2) is 71.6 Å². The van der Waals surface area contributed by atoms with Crippen molar-refractivity contribution in [3.63, 3.8) is 0 Å². The molecule has 0 radical (unpaired) electrons. The van der Waals surface area contributed by atoms with Gasteiger partial charge < -0.3 is 19.7 Å². The highest BCUT2D eigenvalue weighted by Crippen LogP contribution is 2.36. The van der Waals surface area contributed by atoms with E-state index in [0.29, 0.717) is 35.9 Å². The van der Waals surface area contributed by atoms with E-state index in [9.17, 15) is 22.4 Å². The number of sulfonamides is 1. The van der Waals surface area contributed by atoms with Gasteiger partial charge in [0.2, 0.25) is 10.0 Å². The Hall–Kier alpha value is -3.80. The SMILES string of the molecule is O=C(Nc1ccc2c(c1)N(Cc1ccccc1F)C(=O)CO2)c1ccc(S(=O)(=O)N2CCOCC2)cc1. The summed E-state index contributed by atoms with van der Waals surface area (Å²) in [6.45, 7) is 1.08. The molecule has 0 spiro atoms. The Balaban J connectivity index is 1.33.